The summed E-state index contributed by atoms with van der Waals surface area (Å²) in [5.41, 5.74) is 7.80. The van der Waals surface area contributed by atoms with Crippen LogP contribution in [0.3, 0.4) is 0 Å². The molecule has 1 aromatic rings. The number of rotatable bonds is 4. The summed E-state index contributed by atoms with van der Waals surface area (Å²) in [4.78, 5) is 0. The Morgan fingerprint density at radius 1 is 1.59 bits per heavy atom. The highest BCUT2D eigenvalue weighted by atomic mass is 15.5. The van der Waals surface area contributed by atoms with Crippen molar-refractivity contribution in [3.8, 4) is 0 Å². The summed E-state index contributed by atoms with van der Waals surface area (Å²) in [6, 6.07) is 0. The topological polar surface area (TPSA) is 80.5 Å². The van der Waals surface area contributed by atoms with Gasteiger partial charge in [0.25, 0.3) is 0 Å². The molecule has 5 heteroatoms. The Bertz CT molecular complexity index is 424. The first-order valence-electron chi connectivity index (χ1n) is 6.39. The predicted octanol–water partition coefficient (Wildman–Crippen LogP) is 1.06. The zero-order valence-corrected chi connectivity index (χ0v) is 10.2. The van der Waals surface area contributed by atoms with E-state index in [9.17, 15) is 0 Å². The van der Waals surface area contributed by atoms with Gasteiger partial charge in [-0.05, 0) is 43.1 Å². The third kappa shape index (κ3) is 1.60. The lowest BCUT2D eigenvalue weighted by molar-refractivity contribution is 0.00727. The zero-order chi connectivity index (χ0) is 11.9. The zero-order valence-electron chi connectivity index (χ0n) is 10.2. The summed E-state index contributed by atoms with van der Waals surface area (Å²) in [6.45, 7) is 2.95. The number of allylic oxidation sites excluding steroid dienone is 2. The normalized spacial score (nSPS) is 35.3. The number of fused-ring (bicyclic) bond motifs is 1. The van der Waals surface area contributed by atoms with Crippen molar-refractivity contribution < 1.29 is 0 Å². The number of nitrogens with zero attached hydrogens (tertiary/aromatic N) is 3. The minimum atomic E-state index is 0.186. The highest BCUT2D eigenvalue weighted by Gasteiger charge is 2.54. The Kier molecular flexibility index (Phi) is 2.50. The van der Waals surface area contributed by atoms with Gasteiger partial charge in [-0.15, -0.1) is 10.2 Å². The monoisotopic (exact) mass is 233 g/mol. The third-order valence-corrected chi connectivity index (χ3v) is 4.58. The first-order valence-corrected chi connectivity index (χ1v) is 6.39. The molecule has 5 nitrogen and oxygen atoms in total. The number of nitrogens with two attached hydrogens (primary N) is 1. The average Bonchev–Trinajstić information content (AvgIpc) is 2.94. The van der Waals surface area contributed by atoms with Crippen LogP contribution in [0.15, 0.2) is 11.6 Å². The molecule has 1 aromatic heterocycles. The molecule has 0 aromatic carbocycles. The van der Waals surface area contributed by atoms with E-state index >= 15 is 0 Å². The Balaban J connectivity index is 1.79. The number of aromatic nitrogens is 4. The van der Waals surface area contributed by atoms with Gasteiger partial charge in [0.05, 0.1) is 0 Å². The van der Waals surface area contributed by atoms with Crippen LogP contribution in [-0.4, -0.2) is 27.2 Å². The largest absolute Gasteiger partial charge is 0.330 e. The van der Waals surface area contributed by atoms with Crippen LogP contribution in [0.5, 0.6) is 0 Å². The van der Waals surface area contributed by atoms with Crippen molar-refractivity contribution in [2.24, 2.45) is 23.0 Å². The number of tetrazole rings is 1. The Labute approximate surface area is 101 Å². The quantitative estimate of drug-likeness (QED) is 0.762. The van der Waals surface area contributed by atoms with E-state index in [0.29, 0.717) is 5.92 Å². The maximum Gasteiger partial charge on any atom is 0.175 e. The Morgan fingerprint density at radius 2 is 2.47 bits per heavy atom. The number of hydrogen-bond donors (Lipinski definition) is 2. The summed E-state index contributed by atoms with van der Waals surface area (Å²) in [5.74, 6) is 2.26. The van der Waals surface area contributed by atoms with Crippen LogP contribution in [0.4, 0.5) is 0 Å². The molecular formula is C12H19N5. The summed E-state index contributed by atoms with van der Waals surface area (Å²) >= 11 is 0. The molecule has 3 N–H and O–H groups in total. The fraction of sp³-hybridized carbons (Fsp3) is 0.750. The van der Waals surface area contributed by atoms with Crippen LogP contribution >= 0.6 is 0 Å². The van der Waals surface area contributed by atoms with E-state index in [1.807, 2.05) is 0 Å². The molecule has 0 aliphatic heterocycles. The molecule has 0 bridgehead atoms. The van der Waals surface area contributed by atoms with Crippen LogP contribution in [0, 0.1) is 17.3 Å². The third-order valence-electron chi connectivity index (χ3n) is 4.58. The second-order valence-electron chi connectivity index (χ2n) is 5.44. The van der Waals surface area contributed by atoms with Gasteiger partial charge in [-0.3, -0.25) is 0 Å². The van der Waals surface area contributed by atoms with Gasteiger partial charge in [0.15, 0.2) is 5.82 Å². The molecule has 17 heavy (non-hydrogen) atoms. The fourth-order valence-electron chi connectivity index (χ4n) is 3.61. The summed E-state index contributed by atoms with van der Waals surface area (Å²) in [5, 5.41) is 14.3. The van der Waals surface area contributed by atoms with Crippen molar-refractivity contribution >= 4 is 0 Å². The molecule has 0 amide bonds. The molecular weight excluding hydrogens is 214 g/mol. The van der Waals surface area contributed by atoms with Crippen LogP contribution in [0.25, 0.3) is 0 Å². The highest BCUT2D eigenvalue weighted by Crippen LogP contribution is 2.58. The Hall–Kier alpha value is -1.23. The van der Waals surface area contributed by atoms with Crippen molar-refractivity contribution in [1.82, 2.24) is 20.6 Å². The lowest BCUT2D eigenvalue weighted by Gasteiger charge is -2.51. The first kappa shape index (κ1) is 10.9. The average molecular weight is 233 g/mol. The van der Waals surface area contributed by atoms with Crippen molar-refractivity contribution in [3.63, 3.8) is 0 Å². The minimum absolute atomic E-state index is 0.186. The van der Waals surface area contributed by atoms with E-state index in [2.05, 4.69) is 33.6 Å². The molecule has 2 aliphatic rings. The molecule has 1 saturated carbocycles. The van der Waals surface area contributed by atoms with Gasteiger partial charge >= 0.3 is 0 Å². The van der Waals surface area contributed by atoms with E-state index < -0.39 is 0 Å². The molecule has 2 aliphatic carbocycles. The second kappa shape index (κ2) is 3.91. The van der Waals surface area contributed by atoms with E-state index in [0.717, 1.165) is 24.7 Å². The standard InChI is InChI=1S/C12H19N5/c1-2-8-3-9-5-12(7-13,10(9)4-8)6-11-14-16-17-15-11/h4,9-10H,2-3,5-7,13H2,1H3,(H,14,15,16,17). The van der Waals surface area contributed by atoms with Crippen molar-refractivity contribution in [1.29, 1.82) is 0 Å². The van der Waals surface area contributed by atoms with Crippen molar-refractivity contribution in [3.05, 3.63) is 17.5 Å². The number of aromatic amines is 1. The minimum Gasteiger partial charge on any atom is -0.330 e. The van der Waals surface area contributed by atoms with Gasteiger partial charge in [0, 0.05) is 6.42 Å². The Morgan fingerprint density at radius 3 is 3.12 bits per heavy atom. The van der Waals surface area contributed by atoms with Gasteiger partial charge in [-0.1, -0.05) is 23.8 Å². The van der Waals surface area contributed by atoms with E-state index in [4.69, 9.17) is 5.73 Å². The summed E-state index contributed by atoms with van der Waals surface area (Å²) < 4.78 is 0. The molecule has 0 spiro atoms. The van der Waals surface area contributed by atoms with Crippen molar-refractivity contribution in [2.75, 3.05) is 6.54 Å². The van der Waals surface area contributed by atoms with Gasteiger partial charge < -0.3 is 5.73 Å². The molecule has 3 atom stereocenters. The van der Waals surface area contributed by atoms with Gasteiger partial charge in [0.1, 0.15) is 0 Å². The summed E-state index contributed by atoms with van der Waals surface area (Å²) in [7, 11) is 0. The molecule has 0 saturated heterocycles. The molecule has 0 radical (unpaired) electrons. The maximum atomic E-state index is 6.01. The van der Waals surface area contributed by atoms with Crippen molar-refractivity contribution in [2.45, 2.75) is 32.6 Å². The van der Waals surface area contributed by atoms with Gasteiger partial charge in [0.2, 0.25) is 0 Å². The van der Waals surface area contributed by atoms with Crippen LogP contribution in [0.1, 0.15) is 32.0 Å². The first-order chi connectivity index (χ1) is 8.27. The van der Waals surface area contributed by atoms with Crippen LogP contribution in [0.2, 0.25) is 0 Å². The SMILES string of the molecule is CCC1=CC2C(C1)CC2(CN)Cc1nn[nH]n1. The lowest BCUT2D eigenvalue weighted by atomic mass is 9.53. The predicted molar refractivity (Wildman–Crippen MR) is 64.0 cm³/mol. The molecule has 1 fully saturated rings. The fourth-order valence-corrected chi connectivity index (χ4v) is 3.61. The molecule has 92 valence electrons. The van der Waals surface area contributed by atoms with Gasteiger partial charge in [-0.25, -0.2) is 0 Å². The van der Waals surface area contributed by atoms with E-state index in [1.165, 1.54) is 19.3 Å². The smallest absolute Gasteiger partial charge is 0.175 e. The van der Waals surface area contributed by atoms with Crippen LogP contribution < -0.4 is 5.73 Å². The second-order valence-corrected chi connectivity index (χ2v) is 5.44. The number of H-pyrrole nitrogens is 1. The van der Waals surface area contributed by atoms with Crippen LogP contribution in [-0.2, 0) is 6.42 Å². The van der Waals surface area contributed by atoms with E-state index in [1.54, 1.807) is 5.57 Å². The number of nitrogens with one attached hydrogen (secondary N) is 1. The highest BCUT2D eigenvalue weighted by molar-refractivity contribution is 5.24. The molecule has 3 unspecified atom stereocenters. The molecule has 1 heterocycles. The van der Waals surface area contributed by atoms with Gasteiger partial charge in [-0.2, -0.15) is 5.21 Å². The summed E-state index contributed by atoms with van der Waals surface area (Å²) in [6.07, 6.45) is 6.98. The maximum absolute atomic E-state index is 6.01. The van der Waals surface area contributed by atoms with E-state index in [-0.39, 0.29) is 5.41 Å². The number of hydrogen-bond acceptors (Lipinski definition) is 4. The lowest BCUT2D eigenvalue weighted by Crippen LogP contribution is -2.51. The molecule has 3 rings (SSSR count).